The number of ether oxygens (including phenoxy) is 1. The molecule has 6 nitrogen and oxygen atoms in total. The van der Waals surface area contributed by atoms with E-state index in [9.17, 15) is 0 Å². The van der Waals surface area contributed by atoms with Crippen molar-refractivity contribution in [1.82, 2.24) is 24.9 Å². The third-order valence-corrected chi connectivity index (χ3v) is 4.60. The van der Waals surface area contributed by atoms with Crippen molar-refractivity contribution in [3.05, 3.63) is 36.8 Å². The first-order valence-electron chi connectivity index (χ1n) is 8.29. The molecule has 0 amide bonds. The molecule has 1 aliphatic rings. The number of aryl methyl sites for hydroxylation is 1. The lowest BCUT2D eigenvalue weighted by Crippen LogP contribution is -2.35. The maximum absolute atomic E-state index is 6.26. The molecule has 0 bridgehead atoms. The monoisotopic (exact) mass is 323 g/mol. The van der Waals surface area contributed by atoms with Crippen LogP contribution in [0.4, 0.5) is 0 Å². The van der Waals surface area contributed by atoms with Gasteiger partial charge in [-0.2, -0.15) is 15.3 Å². The van der Waals surface area contributed by atoms with Crippen molar-refractivity contribution in [1.29, 1.82) is 0 Å². The van der Waals surface area contributed by atoms with E-state index in [1.807, 2.05) is 31.6 Å². The van der Waals surface area contributed by atoms with E-state index in [4.69, 9.17) is 4.74 Å². The predicted octanol–water partition coefficient (Wildman–Crippen LogP) is 2.50. The van der Waals surface area contributed by atoms with Crippen LogP contribution >= 0.6 is 0 Å². The van der Waals surface area contributed by atoms with Crippen LogP contribution in [0.15, 0.2) is 36.8 Å². The molecule has 0 unspecified atom stereocenters. The van der Waals surface area contributed by atoms with Crippen LogP contribution in [0.5, 0.6) is 5.75 Å². The fourth-order valence-electron chi connectivity index (χ4n) is 3.16. The average molecular weight is 323 g/mol. The third-order valence-electron chi connectivity index (χ3n) is 4.60. The van der Waals surface area contributed by atoms with E-state index < -0.39 is 0 Å². The second-order valence-electron chi connectivity index (χ2n) is 6.46. The number of likely N-dealkylation sites (tertiary alicyclic amines) is 1. The number of piperidine rings is 1. The second kappa shape index (κ2) is 6.20. The fourth-order valence-corrected chi connectivity index (χ4v) is 3.16. The Bertz CT molecular complexity index is 851. The van der Waals surface area contributed by atoms with Crippen LogP contribution < -0.4 is 4.74 Å². The number of hydrogen-bond acceptors (Lipinski definition) is 5. The number of aromatic nitrogens is 4. The summed E-state index contributed by atoms with van der Waals surface area (Å²) < 4.78 is 8.07. The zero-order valence-electron chi connectivity index (χ0n) is 14.0. The molecule has 0 spiro atoms. The van der Waals surface area contributed by atoms with E-state index in [0.717, 1.165) is 53.7 Å². The Morgan fingerprint density at radius 2 is 1.92 bits per heavy atom. The van der Waals surface area contributed by atoms with Gasteiger partial charge in [0.15, 0.2) is 0 Å². The minimum Gasteiger partial charge on any atom is -0.488 e. The van der Waals surface area contributed by atoms with Gasteiger partial charge in [0.1, 0.15) is 11.9 Å². The molecule has 1 aromatic carbocycles. The molecule has 1 saturated heterocycles. The van der Waals surface area contributed by atoms with Gasteiger partial charge in [0.2, 0.25) is 0 Å². The van der Waals surface area contributed by atoms with Gasteiger partial charge < -0.3 is 9.64 Å². The third kappa shape index (κ3) is 2.97. The number of hydrogen-bond donors (Lipinski definition) is 0. The highest BCUT2D eigenvalue weighted by Crippen LogP contribution is 2.30. The normalized spacial score (nSPS) is 16.6. The molecule has 0 atom stereocenters. The molecule has 3 aromatic rings. The maximum atomic E-state index is 6.26. The van der Waals surface area contributed by atoms with Gasteiger partial charge in [0.05, 0.1) is 17.9 Å². The molecule has 2 aromatic heterocycles. The van der Waals surface area contributed by atoms with Crippen molar-refractivity contribution in [3.8, 4) is 16.9 Å². The maximum Gasteiger partial charge on any atom is 0.149 e. The lowest BCUT2D eigenvalue weighted by atomic mass is 10.1. The van der Waals surface area contributed by atoms with Crippen molar-refractivity contribution in [3.63, 3.8) is 0 Å². The van der Waals surface area contributed by atoms with Gasteiger partial charge in [0.25, 0.3) is 0 Å². The van der Waals surface area contributed by atoms with Crippen molar-refractivity contribution >= 4 is 10.9 Å². The molecule has 124 valence electrons. The van der Waals surface area contributed by atoms with Gasteiger partial charge in [0, 0.05) is 37.3 Å². The second-order valence-corrected chi connectivity index (χ2v) is 6.46. The standard InChI is InChI=1S/C18H21N5O/c1-22-7-5-15(6-8-22)24-18-11-19-21-17-4-3-13(9-16(17)18)14-10-20-23(2)12-14/h3-4,9-12,15H,5-8H2,1-2H3. The average Bonchev–Trinajstić information content (AvgIpc) is 3.03. The molecular weight excluding hydrogens is 302 g/mol. The molecule has 4 rings (SSSR count). The molecule has 0 radical (unpaired) electrons. The predicted molar refractivity (Wildman–Crippen MR) is 92.9 cm³/mol. The van der Waals surface area contributed by atoms with Crippen LogP contribution in [0.1, 0.15) is 12.8 Å². The first-order chi connectivity index (χ1) is 11.7. The quantitative estimate of drug-likeness (QED) is 0.741. The summed E-state index contributed by atoms with van der Waals surface area (Å²) in [5, 5.41) is 13.6. The highest BCUT2D eigenvalue weighted by molar-refractivity contribution is 5.88. The van der Waals surface area contributed by atoms with Crippen LogP contribution in [0.25, 0.3) is 22.0 Å². The molecular formula is C18H21N5O. The van der Waals surface area contributed by atoms with Crippen molar-refractivity contribution in [2.75, 3.05) is 20.1 Å². The van der Waals surface area contributed by atoms with Crippen LogP contribution in [-0.4, -0.2) is 51.1 Å². The van der Waals surface area contributed by atoms with Crippen molar-refractivity contribution in [2.45, 2.75) is 18.9 Å². The summed E-state index contributed by atoms with van der Waals surface area (Å²) in [5.74, 6) is 0.820. The number of benzene rings is 1. The number of nitrogens with zero attached hydrogens (tertiary/aromatic N) is 5. The van der Waals surface area contributed by atoms with Crippen LogP contribution in [0, 0.1) is 0 Å². The molecule has 1 aliphatic heterocycles. The summed E-state index contributed by atoms with van der Waals surface area (Å²) in [5.41, 5.74) is 3.05. The Morgan fingerprint density at radius 3 is 2.67 bits per heavy atom. The van der Waals surface area contributed by atoms with Crippen LogP contribution in [0.3, 0.4) is 0 Å². The topological polar surface area (TPSA) is 56.1 Å². The summed E-state index contributed by atoms with van der Waals surface area (Å²) in [4.78, 5) is 2.34. The van der Waals surface area contributed by atoms with Crippen LogP contribution in [0.2, 0.25) is 0 Å². The Morgan fingerprint density at radius 1 is 1.08 bits per heavy atom. The van der Waals surface area contributed by atoms with Gasteiger partial charge in [-0.1, -0.05) is 6.07 Å². The van der Waals surface area contributed by atoms with E-state index >= 15 is 0 Å². The summed E-state index contributed by atoms with van der Waals surface area (Å²) in [6.45, 7) is 2.14. The molecule has 3 heterocycles. The number of fused-ring (bicyclic) bond motifs is 1. The van der Waals surface area contributed by atoms with E-state index in [1.165, 1.54) is 0 Å². The van der Waals surface area contributed by atoms with Crippen LogP contribution in [-0.2, 0) is 7.05 Å². The summed E-state index contributed by atoms with van der Waals surface area (Å²) in [6.07, 6.45) is 7.94. The summed E-state index contributed by atoms with van der Waals surface area (Å²) >= 11 is 0. The van der Waals surface area contributed by atoms with Gasteiger partial charge >= 0.3 is 0 Å². The first-order valence-corrected chi connectivity index (χ1v) is 8.29. The molecule has 0 aliphatic carbocycles. The lowest BCUT2D eigenvalue weighted by molar-refractivity contribution is 0.115. The van der Waals surface area contributed by atoms with Gasteiger partial charge in [-0.15, -0.1) is 0 Å². The van der Waals surface area contributed by atoms with E-state index in [1.54, 1.807) is 10.9 Å². The fraction of sp³-hybridized carbons (Fsp3) is 0.389. The van der Waals surface area contributed by atoms with Gasteiger partial charge in [-0.25, -0.2) is 0 Å². The van der Waals surface area contributed by atoms with E-state index in [-0.39, 0.29) is 6.10 Å². The first kappa shape index (κ1) is 15.1. The molecule has 24 heavy (non-hydrogen) atoms. The minimum atomic E-state index is 0.246. The Hall–Kier alpha value is -2.47. The van der Waals surface area contributed by atoms with E-state index in [2.05, 4.69) is 33.3 Å². The smallest absolute Gasteiger partial charge is 0.149 e. The summed E-state index contributed by atoms with van der Waals surface area (Å²) in [6, 6.07) is 6.16. The minimum absolute atomic E-state index is 0.246. The van der Waals surface area contributed by atoms with E-state index in [0.29, 0.717) is 0 Å². The highest BCUT2D eigenvalue weighted by Gasteiger charge is 2.19. The Kier molecular flexibility index (Phi) is 3.90. The lowest BCUT2D eigenvalue weighted by Gasteiger charge is -2.29. The zero-order valence-corrected chi connectivity index (χ0v) is 14.0. The van der Waals surface area contributed by atoms with Crippen molar-refractivity contribution < 1.29 is 4.74 Å². The SMILES string of the molecule is CN1CCC(Oc2cnnc3ccc(-c4cnn(C)c4)cc23)CC1. The van der Waals surface area contributed by atoms with Gasteiger partial charge in [-0.05, 0) is 37.6 Å². The Labute approximate surface area is 141 Å². The number of rotatable bonds is 3. The zero-order chi connectivity index (χ0) is 16.5. The highest BCUT2D eigenvalue weighted by atomic mass is 16.5. The van der Waals surface area contributed by atoms with Gasteiger partial charge in [-0.3, -0.25) is 4.68 Å². The molecule has 0 saturated carbocycles. The molecule has 1 fully saturated rings. The van der Waals surface area contributed by atoms with Crippen molar-refractivity contribution in [2.24, 2.45) is 7.05 Å². The Balaban J connectivity index is 1.67. The largest absolute Gasteiger partial charge is 0.488 e. The summed E-state index contributed by atoms with van der Waals surface area (Å²) in [7, 11) is 4.07. The molecule has 0 N–H and O–H groups in total. The molecule has 6 heteroatoms.